The van der Waals surface area contributed by atoms with Gasteiger partial charge in [0.1, 0.15) is 5.76 Å². The second-order valence-corrected chi connectivity index (χ2v) is 2.12. The third-order valence-corrected chi connectivity index (χ3v) is 1.24. The lowest BCUT2D eigenvalue weighted by atomic mass is 10.2. The third-order valence-electron chi connectivity index (χ3n) is 1.24. The Labute approximate surface area is 57.3 Å². The van der Waals surface area contributed by atoms with Crippen molar-refractivity contribution in [3.63, 3.8) is 0 Å². The van der Waals surface area contributed by atoms with Crippen LogP contribution in [-0.2, 0) is 0 Å². The Morgan fingerprint density at radius 2 is 2.10 bits per heavy atom. The van der Waals surface area contributed by atoms with Gasteiger partial charge in [-0.05, 0) is 19.4 Å². The molecule has 54 valence electrons. The zero-order chi connectivity index (χ0) is 7.72. The highest BCUT2D eigenvalue weighted by Crippen LogP contribution is 2.06. The molecular weight excluding hydrogens is 135 g/mol. The maximum Gasteiger partial charge on any atom is 0.336 e. The van der Waals surface area contributed by atoms with Crippen molar-refractivity contribution in [2.24, 2.45) is 0 Å². The topological polar surface area (TPSA) is 30.2 Å². The molecular formula is C7H7FO2. The van der Waals surface area contributed by atoms with Gasteiger partial charge in [0.25, 0.3) is 0 Å². The third kappa shape index (κ3) is 1.07. The van der Waals surface area contributed by atoms with Crippen molar-refractivity contribution in [1.29, 1.82) is 0 Å². The maximum atomic E-state index is 12.7. The summed E-state index contributed by atoms with van der Waals surface area (Å²) in [6, 6.07) is 1.13. The molecule has 0 saturated carbocycles. The Kier molecular flexibility index (Phi) is 1.57. The number of aryl methyl sites for hydroxylation is 2. The quantitative estimate of drug-likeness (QED) is 0.548. The van der Waals surface area contributed by atoms with Crippen molar-refractivity contribution >= 4 is 0 Å². The van der Waals surface area contributed by atoms with Crippen LogP contribution in [0.25, 0.3) is 0 Å². The van der Waals surface area contributed by atoms with E-state index < -0.39 is 11.4 Å². The molecule has 0 saturated heterocycles. The molecule has 0 unspecified atom stereocenters. The van der Waals surface area contributed by atoms with E-state index in [0.717, 1.165) is 6.07 Å². The molecule has 0 fully saturated rings. The first-order valence-corrected chi connectivity index (χ1v) is 2.88. The van der Waals surface area contributed by atoms with Crippen LogP contribution in [0.1, 0.15) is 11.3 Å². The first-order chi connectivity index (χ1) is 4.61. The molecule has 0 aliphatic carbocycles. The van der Waals surface area contributed by atoms with Gasteiger partial charge in [-0.25, -0.2) is 9.18 Å². The van der Waals surface area contributed by atoms with E-state index in [1.54, 1.807) is 0 Å². The van der Waals surface area contributed by atoms with E-state index in [1.165, 1.54) is 13.8 Å². The first-order valence-electron chi connectivity index (χ1n) is 2.88. The van der Waals surface area contributed by atoms with E-state index in [9.17, 15) is 9.18 Å². The highest BCUT2D eigenvalue weighted by Gasteiger charge is 2.03. The van der Waals surface area contributed by atoms with Crippen LogP contribution in [0.5, 0.6) is 0 Å². The number of rotatable bonds is 0. The molecule has 0 aliphatic rings. The summed E-state index contributed by atoms with van der Waals surface area (Å²) in [5, 5.41) is 0. The van der Waals surface area contributed by atoms with Gasteiger partial charge < -0.3 is 4.42 Å². The molecule has 0 radical (unpaired) electrons. The minimum atomic E-state index is -0.503. The Hall–Kier alpha value is -1.12. The predicted octanol–water partition coefficient (Wildman–Crippen LogP) is 1.40. The Bertz CT molecular complexity index is 275. The molecule has 0 amide bonds. The monoisotopic (exact) mass is 142 g/mol. The number of halogens is 1. The van der Waals surface area contributed by atoms with Gasteiger partial charge in [0.05, 0.1) is 0 Å². The largest absolute Gasteiger partial charge is 0.425 e. The molecule has 1 aromatic heterocycles. The highest BCUT2D eigenvalue weighted by molar-refractivity contribution is 5.13. The standard InChI is InChI=1S/C7H7FO2/c1-4-3-6(9)10-5(2)7(4)8/h3H,1-2H3. The Balaban J connectivity index is 3.46. The van der Waals surface area contributed by atoms with Crippen LogP contribution in [0.4, 0.5) is 4.39 Å². The van der Waals surface area contributed by atoms with Crippen molar-refractivity contribution < 1.29 is 8.81 Å². The molecule has 0 aliphatic heterocycles. The molecule has 1 aromatic rings. The Morgan fingerprint density at radius 3 is 2.60 bits per heavy atom. The van der Waals surface area contributed by atoms with Gasteiger partial charge >= 0.3 is 5.63 Å². The maximum absolute atomic E-state index is 12.7. The van der Waals surface area contributed by atoms with Gasteiger partial charge in [0.15, 0.2) is 5.82 Å². The fraction of sp³-hybridized carbons (Fsp3) is 0.286. The van der Waals surface area contributed by atoms with E-state index in [0.29, 0.717) is 5.56 Å². The molecule has 0 bridgehead atoms. The summed E-state index contributed by atoms with van der Waals surface area (Å²) in [4.78, 5) is 10.5. The van der Waals surface area contributed by atoms with Gasteiger partial charge in [-0.3, -0.25) is 0 Å². The average molecular weight is 142 g/mol. The normalized spacial score (nSPS) is 9.90. The SMILES string of the molecule is Cc1cc(=O)oc(C)c1F. The number of hydrogen-bond donors (Lipinski definition) is 0. The van der Waals surface area contributed by atoms with Crippen LogP contribution in [0.3, 0.4) is 0 Å². The van der Waals surface area contributed by atoms with E-state index in [-0.39, 0.29) is 5.76 Å². The molecule has 0 N–H and O–H groups in total. The second-order valence-electron chi connectivity index (χ2n) is 2.12. The van der Waals surface area contributed by atoms with Gasteiger partial charge in [-0.15, -0.1) is 0 Å². The van der Waals surface area contributed by atoms with Gasteiger partial charge in [0, 0.05) is 6.07 Å². The van der Waals surface area contributed by atoms with Crippen LogP contribution >= 0.6 is 0 Å². The van der Waals surface area contributed by atoms with Crippen LogP contribution in [0, 0.1) is 19.7 Å². The summed E-state index contributed by atoms with van der Waals surface area (Å²) >= 11 is 0. The first kappa shape index (κ1) is 6.99. The minimum absolute atomic E-state index is 0.0463. The van der Waals surface area contributed by atoms with Crippen molar-refractivity contribution in [3.8, 4) is 0 Å². The van der Waals surface area contributed by atoms with E-state index in [2.05, 4.69) is 4.42 Å². The highest BCUT2D eigenvalue weighted by atomic mass is 19.1. The molecule has 1 heterocycles. The summed E-state index contributed by atoms with van der Waals surface area (Å²) in [6.07, 6.45) is 0. The lowest BCUT2D eigenvalue weighted by molar-refractivity contribution is 0.429. The number of hydrogen-bond acceptors (Lipinski definition) is 2. The lowest BCUT2D eigenvalue weighted by Gasteiger charge is -1.95. The van der Waals surface area contributed by atoms with Gasteiger partial charge in [0.2, 0.25) is 0 Å². The summed E-state index contributed by atoms with van der Waals surface area (Å²) < 4.78 is 17.1. The summed E-state index contributed by atoms with van der Waals surface area (Å²) in [6.45, 7) is 2.95. The molecule has 3 heteroatoms. The van der Waals surface area contributed by atoms with Gasteiger partial charge in [-0.2, -0.15) is 0 Å². The minimum Gasteiger partial charge on any atom is -0.425 e. The molecule has 0 atom stereocenters. The average Bonchev–Trinajstić information content (AvgIpc) is 1.82. The molecule has 10 heavy (non-hydrogen) atoms. The smallest absolute Gasteiger partial charge is 0.336 e. The molecule has 0 spiro atoms. The summed E-state index contributed by atoms with van der Waals surface area (Å²) in [7, 11) is 0. The van der Waals surface area contributed by atoms with Crippen LogP contribution < -0.4 is 5.63 Å². The molecule has 0 aromatic carbocycles. The van der Waals surface area contributed by atoms with Gasteiger partial charge in [-0.1, -0.05) is 0 Å². The predicted molar refractivity (Wildman–Crippen MR) is 34.4 cm³/mol. The second kappa shape index (κ2) is 2.25. The molecule has 2 nitrogen and oxygen atoms in total. The van der Waals surface area contributed by atoms with Crippen molar-refractivity contribution in [1.82, 2.24) is 0 Å². The van der Waals surface area contributed by atoms with Crippen LogP contribution in [0.2, 0.25) is 0 Å². The van der Waals surface area contributed by atoms with Crippen LogP contribution in [-0.4, -0.2) is 0 Å². The van der Waals surface area contributed by atoms with Crippen molar-refractivity contribution in [2.45, 2.75) is 13.8 Å². The summed E-state index contributed by atoms with van der Waals surface area (Å²) in [5.74, 6) is -0.399. The van der Waals surface area contributed by atoms with Crippen molar-refractivity contribution in [3.05, 3.63) is 33.6 Å². The fourth-order valence-corrected chi connectivity index (χ4v) is 0.743. The fourth-order valence-electron chi connectivity index (χ4n) is 0.743. The Morgan fingerprint density at radius 1 is 1.50 bits per heavy atom. The zero-order valence-corrected chi connectivity index (χ0v) is 5.77. The van der Waals surface area contributed by atoms with E-state index in [1.807, 2.05) is 0 Å². The van der Waals surface area contributed by atoms with Crippen molar-refractivity contribution in [2.75, 3.05) is 0 Å². The van der Waals surface area contributed by atoms with Crippen LogP contribution in [0.15, 0.2) is 15.3 Å². The zero-order valence-electron chi connectivity index (χ0n) is 5.77. The van der Waals surface area contributed by atoms with E-state index in [4.69, 9.17) is 0 Å². The summed E-state index contributed by atoms with van der Waals surface area (Å²) in [5.41, 5.74) is -0.176. The van der Waals surface area contributed by atoms with E-state index >= 15 is 0 Å². The molecule has 1 rings (SSSR count). The lowest BCUT2D eigenvalue weighted by Crippen LogP contribution is -2.01.